The highest BCUT2D eigenvalue weighted by Gasteiger charge is 1.96. The van der Waals surface area contributed by atoms with Crippen molar-refractivity contribution < 1.29 is 5.11 Å². The molecule has 0 saturated heterocycles. The van der Waals surface area contributed by atoms with Crippen molar-refractivity contribution in [3.05, 3.63) is 29.3 Å². The lowest BCUT2D eigenvalue weighted by Crippen LogP contribution is -1.92. The van der Waals surface area contributed by atoms with Crippen LogP contribution in [0.3, 0.4) is 0 Å². The van der Waals surface area contributed by atoms with Gasteiger partial charge < -0.3 is 10.4 Å². The van der Waals surface area contributed by atoms with Crippen LogP contribution in [-0.2, 0) is 6.61 Å². The van der Waals surface area contributed by atoms with E-state index in [4.69, 9.17) is 5.11 Å². The third kappa shape index (κ3) is 1.71. The molecule has 1 aromatic carbocycles. The molecule has 0 aliphatic heterocycles. The fourth-order valence-corrected chi connectivity index (χ4v) is 1.03. The summed E-state index contributed by atoms with van der Waals surface area (Å²) in [7, 11) is 1.88. The second-order valence-corrected chi connectivity index (χ2v) is 2.55. The third-order valence-electron chi connectivity index (χ3n) is 1.80. The number of rotatable bonds is 2. The molecule has 2 nitrogen and oxygen atoms in total. The van der Waals surface area contributed by atoms with Crippen molar-refractivity contribution in [1.29, 1.82) is 0 Å². The molecule has 1 rings (SSSR count). The van der Waals surface area contributed by atoms with Crippen molar-refractivity contribution in [3.8, 4) is 0 Å². The van der Waals surface area contributed by atoms with Crippen LogP contribution in [0.25, 0.3) is 0 Å². The Hall–Kier alpha value is -1.02. The molecule has 0 spiro atoms. The Balaban J connectivity index is 2.99. The average molecular weight is 151 g/mol. The molecule has 0 aliphatic rings. The fourth-order valence-electron chi connectivity index (χ4n) is 1.03. The molecule has 11 heavy (non-hydrogen) atoms. The number of nitrogens with one attached hydrogen (secondary N) is 1. The Kier molecular flexibility index (Phi) is 2.49. The molecule has 1 aromatic rings. The maximum absolute atomic E-state index is 8.86. The van der Waals surface area contributed by atoms with Crippen molar-refractivity contribution in [1.82, 2.24) is 0 Å². The zero-order valence-corrected chi connectivity index (χ0v) is 6.89. The summed E-state index contributed by atoms with van der Waals surface area (Å²) in [4.78, 5) is 0. The summed E-state index contributed by atoms with van der Waals surface area (Å²) >= 11 is 0. The first kappa shape index (κ1) is 8.08. The van der Waals surface area contributed by atoms with Gasteiger partial charge in [-0.25, -0.2) is 0 Å². The molecule has 0 unspecified atom stereocenters. The van der Waals surface area contributed by atoms with Crippen molar-refractivity contribution in [2.45, 2.75) is 13.5 Å². The van der Waals surface area contributed by atoms with E-state index >= 15 is 0 Å². The maximum Gasteiger partial charge on any atom is 0.0684 e. The second kappa shape index (κ2) is 3.39. The number of benzene rings is 1. The van der Waals surface area contributed by atoms with Crippen LogP contribution >= 0.6 is 0 Å². The monoisotopic (exact) mass is 151 g/mol. The highest BCUT2D eigenvalue weighted by atomic mass is 16.3. The lowest BCUT2D eigenvalue weighted by Gasteiger charge is -2.04. The second-order valence-electron chi connectivity index (χ2n) is 2.55. The van der Waals surface area contributed by atoms with Crippen molar-refractivity contribution >= 4 is 5.69 Å². The molecule has 0 amide bonds. The van der Waals surface area contributed by atoms with E-state index in [1.165, 1.54) is 0 Å². The van der Waals surface area contributed by atoms with Crippen LogP contribution in [0, 0.1) is 6.92 Å². The van der Waals surface area contributed by atoms with Crippen LogP contribution in [0.4, 0.5) is 5.69 Å². The van der Waals surface area contributed by atoms with Gasteiger partial charge in [0, 0.05) is 12.7 Å². The SMILES string of the molecule is CNc1ccc(CO)c(C)c1. The molecule has 0 aromatic heterocycles. The maximum atomic E-state index is 8.86. The predicted octanol–water partition coefficient (Wildman–Crippen LogP) is 1.53. The minimum absolute atomic E-state index is 0.121. The Morgan fingerprint density at radius 2 is 2.18 bits per heavy atom. The highest BCUT2D eigenvalue weighted by Crippen LogP contribution is 2.13. The number of aliphatic hydroxyl groups excluding tert-OH is 1. The lowest BCUT2D eigenvalue weighted by molar-refractivity contribution is 0.281. The topological polar surface area (TPSA) is 32.3 Å². The number of aliphatic hydroxyl groups is 1. The largest absolute Gasteiger partial charge is 0.392 e. The molecule has 0 saturated carbocycles. The van der Waals surface area contributed by atoms with Crippen LogP contribution in [0.1, 0.15) is 11.1 Å². The first-order valence-electron chi connectivity index (χ1n) is 3.66. The fraction of sp³-hybridized carbons (Fsp3) is 0.333. The van der Waals surface area contributed by atoms with Crippen LogP contribution in [0.2, 0.25) is 0 Å². The molecular formula is C9H13NO. The Labute approximate surface area is 66.9 Å². The zero-order chi connectivity index (χ0) is 8.27. The minimum Gasteiger partial charge on any atom is -0.392 e. The van der Waals surface area contributed by atoms with E-state index in [-0.39, 0.29) is 6.61 Å². The van der Waals surface area contributed by atoms with Gasteiger partial charge in [0.05, 0.1) is 6.61 Å². The standard InChI is InChI=1S/C9H13NO/c1-7-5-9(10-2)4-3-8(7)6-11/h3-5,10-11H,6H2,1-2H3. The van der Waals surface area contributed by atoms with E-state index in [9.17, 15) is 0 Å². The summed E-state index contributed by atoms with van der Waals surface area (Å²) in [6.07, 6.45) is 0. The van der Waals surface area contributed by atoms with Crippen LogP contribution in [-0.4, -0.2) is 12.2 Å². The summed E-state index contributed by atoms with van der Waals surface area (Å²) in [6.45, 7) is 2.11. The molecule has 0 radical (unpaired) electrons. The van der Waals surface area contributed by atoms with Crippen molar-refractivity contribution in [2.75, 3.05) is 12.4 Å². The van der Waals surface area contributed by atoms with Crippen LogP contribution < -0.4 is 5.32 Å². The molecule has 2 N–H and O–H groups in total. The average Bonchev–Trinajstić information content (AvgIpc) is 2.04. The van der Waals surface area contributed by atoms with Crippen molar-refractivity contribution in [2.24, 2.45) is 0 Å². The van der Waals surface area contributed by atoms with Crippen molar-refractivity contribution in [3.63, 3.8) is 0 Å². The van der Waals surface area contributed by atoms with Gasteiger partial charge in [-0.15, -0.1) is 0 Å². The normalized spacial score (nSPS) is 9.73. The molecule has 2 heteroatoms. The molecule has 60 valence electrons. The quantitative estimate of drug-likeness (QED) is 0.671. The van der Waals surface area contributed by atoms with Gasteiger partial charge in [0.15, 0.2) is 0 Å². The van der Waals surface area contributed by atoms with Gasteiger partial charge >= 0.3 is 0 Å². The van der Waals surface area contributed by atoms with E-state index in [0.29, 0.717) is 0 Å². The predicted molar refractivity (Wildman–Crippen MR) is 46.6 cm³/mol. The van der Waals surface area contributed by atoms with Gasteiger partial charge in [0.1, 0.15) is 0 Å². The number of anilines is 1. The number of hydrogen-bond donors (Lipinski definition) is 2. The smallest absolute Gasteiger partial charge is 0.0684 e. The van der Waals surface area contributed by atoms with E-state index in [0.717, 1.165) is 16.8 Å². The molecule has 0 bridgehead atoms. The summed E-state index contributed by atoms with van der Waals surface area (Å²) < 4.78 is 0. The Bertz CT molecular complexity index is 245. The number of hydrogen-bond acceptors (Lipinski definition) is 2. The van der Waals surface area contributed by atoms with Gasteiger partial charge in [-0.2, -0.15) is 0 Å². The van der Waals surface area contributed by atoms with Gasteiger partial charge in [-0.1, -0.05) is 6.07 Å². The lowest BCUT2D eigenvalue weighted by atomic mass is 10.1. The summed E-state index contributed by atoms with van der Waals surface area (Å²) in [6, 6.07) is 5.91. The van der Waals surface area contributed by atoms with E-state index in [1.807, 2.05) is 32.2 Å². The summed E-state index contributed by atoms with van der Waals surface area (Å²) in [5.74, 6) is 0. The van der Waals surface area contributed by atoms with E-state index in [1.54, 1.807) is 0 Å². The minimum atomic E-state index is 0.121. The molecular weight excluding hydrogens is 138 g/mol. The summed E-state index contributed by atoms with van der Waals surface area (Å²) in [5.41, 5.74) is 3.20. The zero-order valence-electron chi connectivity index (χ0n) is 6.89. The molecule has 0 heterocycles. The van der Waals surface area contributed by atoms with Gasteiger partial charge in [-0.05, 0) is 30.2 Å². The first-order chi connectivity index (χ1) is 5.27. The molecule has 0 atom stereocenters. The highest BCUT2D eigenvalue weighted by molar-refractivity contribution is 5.47. The third-order valence-corrected chi connectivity index (χ3v) is 1.80. The van der Waals surface area contributed by atoms with E-state index in [2.05, 4.69) is 5.32 Å². The Morgan fingerprint density at radius 3 is 2.64 bits per heavy atom. The van der Waals surface area contributed by atoms with Crippen LogP contribution in [0.5, 0.6) is 0 Å². The van der Waals surface area contributed by atoms with Gasteiger partial charge in [0.2, 0.25) is 0 Å². The first-order valence-corrected chi connectivity index (χ1v) is 3.66. The van der Waals surface area contributed by atoms with Gasteiger partial charge in [0.25, 0.3) is 0 Å². The Morgan fingerprint density at radius 1 is 1.45 bits per heavy atom. The van der Waals surface area contributed by atoms with Crippen LogP contribution in [0.15, 0.2) is 18.2 Å². The molecule has 0 fully saturated rings. The molecule has 0 aliphatic carbocycles. The number of aryl methyl sites for hydroxylation is 1. The van der Waals surface area contributed by atoms with Gasteiger partial charge in [-0.3, -0.25) is 0 Å². The summed E-state index contributed by atoms with van der Waals surface area (Å²) in [5, 5.41) is 11.9. The van der Waals surface area contributed by atoms with E-state index < -0.39 is 0 Å².